The van der Waals surface area contributed by atoms with Gasteiger partial charge in [0.05, 0.1) is 4.90 Å². The summed E-state index contributed by atoms with van der Waals surface area (Å²) in [6.45, 7) is -0.155. The minimum Gasteiger partial charge on any atom is -0.479 e. The normalized spacial score (nSPS) is 17.4. The number of carboxylic acids is 1. The highest BCUT2D eigenvalue weighted by molar-refractivity contribution is 7.90. The average Bonchev–Trinajstić information content (AvgIpc) is 3.04. The van der Waals surface area contributed by atoms with Gasteiger partial charge < -0.3 is 15.1 Å². The number of fused-ring (bicyclic) bond motifs is 1. The number of nitrogens with zero attached hydrogens (tertiary/aromatic N) is 1. The number of sulfone groups is 1. The third-order valence-electron chi connectivity index (χ3n) is 5.16. The Kier molecular flexibility index (Phi) is 5.50. The molecule has 1 aliphatic rings. The molecule has 2 aromatic carbocycles. The van der Waals surface area contributed by atoms with Crippen LogP contribution >= 0.6 is 0 Å². The van der Waals surface area contributed by atoms with Gasteiger partial charge in [-0.05, 0) is 35.4 Å². The highest BCUT2D eigenvalue weighted by Crippen LogP contribution is 2.50. The minimum absolute atomic E-state index is 0.0371. The Morgan fingerprint density at radius 1 is 1.00 bits per heavy atom. The molecule has 0 spiro atoms. The van der Waals surface area contributed by atoms with Crippen molar-refractivity contribution in [1.29, 1.82) is 0 Å². The van der Waals surface area contributed by atoms with Gasteiger partial charge in [0.25, 0.3) is 5.60 Å². The Morgan fingerprint density at radius 3 is 1.97 bits per heavy atom. The van der Waals surface area contributed by atoms with Gasteiger partial charge in [-0.25, -0.2) is 13.2 Å². The predicted octanol–water partition coefficient (Wildman–Crippen LogP) is 3.55. The molecular formula is C19H15F6NO5S. The molecule has 174 valence electrons. The molecule has 6 nitrogen and oxygen atoms in total. The van der Waals surface area contributed by atoms with Gasteiger partial charge in [0.15, 0.2) is 15.9 Å². The number of rotatable bonds is 4. The van der Waals surface area contributed by atoms with E-state index in [1.165, 1.54) is 23.1 Å². The number of carbonyl (C=O) groups is 1. The molecule has 2 N–H and O–H groups in total. The van der Waals surface area contributed by atoms with Gasteiger partial charge >= 0.3 is 18.3 Å². The van der Waals surface area contributed by atoms with Crippen LogP contribution in [0.5, 0.6) is 0 Å². The van der Waals surface area contributed by atoms with Gasteiger partial charge in [0.2, 0.25) is 0 Å². The number of anilines is 1. The number of aliphatic hydroxyl groups is 1. The first-order valence-corrected chi connectivity index (χ1v) is 10.7. The molecule has 32 heavy (non-hydrogen) atoms. The maximum Gasteiger partial charge on any atom is 0.430 e. The van der Waals surface area contributed by atoms with Crippen molar-refractivity contribution >= 4 is 21.5 Å². The largest absolute Gasteiger partial charge is 0.479 e. The molecule has 0 saturated heterocycles. The maximum atomic E-state index is 13.1. The lowest BCUT2D eigenvalue weighted by atomic mass is 9.92. The Balaban J connectivity index is 2.04. The van der Waals surface area contributed by atoms with E-state index in [-0.39, 0.29) is 22.7 Å². The molecule has 3 rings (SSSR count). The van der Waals surface area contributed by atoms with Crippen molar-refractivity contribution in [3.8, 4) is 0 Å². The van der Waals surface area contributed by atoms with Crippen molar-refractivity contribution in [3.63, 3.8) is 0 Å². The first-order chi connectivity index (χ1) is 14.5. The molecule has 0 saturated carbocycles. The summed E-state index contributed by atoms with van der Waals surface area (Å²) in [6, 6.07) is 4.91. The zero-order valence-corrected chi connectivity index (χ0v) is 16.9. The van der Waals surface area contributed by atoms with Crippen molar-refractivity contribution < 1.29 is 49.8 Å². The fourth-order valence-electron chi connectivity index (χ4n) is 3.55. The molecule has 13 heteroatoms. The summed E-state index contributed by atoms with van der Waals surface area (Å²) < 4.78 is 102. The number of hydrogen-bond donors (Lipinski definition) is 2. The van der Waals surface area contributed by atoms with Gasteiger partial charge in [0.1, 0.15) is 0 Å². The zero-order chi connectivity index (χ0) is 24.3. The maximum absolute atomic E-state index is 13.1. The molecule has 0 radical (unpaired) electrons. The Morgan fingerprint density at radius 2 is 1.53 bits per heavy atom. The minimum atomic E-state index is -6.05. The van der Waals surface area contributed by atoms with E-state index in [4.69, 9.17) is 0 Å². The van der Waals surface area contributed by atoms with E-state index in [1.807, 2.05) is 0 Å². The van der Waals surface area contributed by atoms with Crippen LogP contribution < -0.4 is 4.90 Å². The summed E-state index contributed by atoms with van der Waals surface area (Å²) in [5, 5.41) is 19.1. The number of hydrogen-bond acceptors (Lipinski definition) is 5. The molecule has 0 bridgehead atoms. The van der Waals surface area contributed by atoms with Gasteiger partial charge in [-0.2, -0.15) is 26.3 Å². The standard InChI is InChI=1S/C19H15F6NO5S/c1-32(30,31)13-6-7-14-10(8-13)9-26(15(14)16(27)28)12-4-2-11(3-5-12)17(29,18(20,21)22)19(23,24)25/h2-8,15,29H,9H2,1H3,(H,27,28). The van der Waals surface area contributed by atoms with E-state index >= 15 is 0 Å². The average molecular weight is 483 g/mol. The molecule has 0 amide bonds. The van der Waals surface area contributed by atoms with Crippen LogP contribution in [-0.2, 0) is 26.8 Å². The van der Waals surface area contributed by atoms with Crippen molar-refractivity contribution in [2.75, 3.05) is 11.2 Å². The lowest BCUT2D eigenvalue weighted by molar-refractivity contribution is -0.376. The molecule has 0 aliphatic carbocycles. The quantitative estimate of drug-likeness (QED) is 0.646. The molecular weight excluding hydrogens is 468 g/mol. The second-order valence-corrected chi connectivity index (χ2v) is 9.27. The zero-order valence-electron chi connectivity index (χ0n) is 16.1. The van der Waals surface area contributed by atoms with Gasteiger partial charge in [0, 0.05) is 24.1 Å². The highest BCUT2D eigenvalue weighted by Gasteiger charge is 2.71. The van der Waals surface area contributed by atoms with Gasteiger partial charge in [-0.1, -0.05) is 18.2 Å². The molecule has 0 aromatic heterocycles. The SMILES string of the molecule is CS(=O)(=O)c1ccc2c(c1)CN(c1ccc(C(O)(C(F)(F)F)C(F)(F)F)cc1)C2C(=O)O. The van der Waals surface area contributed by atoms with E-state index in [0.29, 0.717) is 17.7 Å². The van der Waals surface area contributed by atoms with Gasteiger partial charge in [-0.15, -0.1) is 0 Å². The second-order valence-electron chi connectivity index (χ2n) is 7.25. The predicted molar refractivity (Wildman–Crippen MR) is 98.6 cm³/mol. The topological polar surface area (TPSA) is 94.9 Å². The van der Waals surface area contributed by atoms with Crippen LogP contribution in [0.3, 0.4) is 0 Å². The second kappa shape index (κ2) is 7.37. The summed E-state index contributed by atoms with van der Waals surface area (Å²) in [5.41, 5.74) is -6.07. The summed E-state index contributed by atoms with van der Waals surface area (Å²) in [6.07, 6.45) is -11.2. The number of carboxylic acid groups (broad SMARTS) is 1. The molecule has 1 heterocycles. The van der Waals surface area contributed by atoms with Crippen LogP contribution in [0.1, 0.15) is 22.7 Å². The molecule has 2 aromatic rings. The molecule has 1 atom stereocenters. The monoisotopic (exact) mass is 483 g/mol. The van der Waals surface area contributed by atoms with Crippen molar-refractivity contribution in [3.05, 3.63) is 59.2 Å². The Labute approximate surface area is 177 Å². The summed E-state index contributed by atoms with van der Waals surface area (Å²) in [7, 11) is -3.60. The van der Waals surface area contributed by atoms with E-state index in [0.717, 1.165) is 18.4 Å². The van der Waals surface area contributed by atoms with E-state index in [9.17, 15) is 49.8 Å². The number of aliphatic carboxylic acids is 1. The lowest BCUT2D eigenvalue weighted by Gasteiger charge is -2.33. The van der Waals surface area contributed by atoms with Crippen LogP contribution in [0, 0.1) is 0 Å². The first-order valence-electron chi connectivity index (χ1n) is 8.77. The van der Waals surface area contributed by atoms with Crippen molar-refractivity contribution in [1.82, 2.24) is 0 Å². The third kappa shape index (κ3) is 3.79. The molecule has 1 aliphatic heterocycles. The Bertz CT molecular complexity index is 1140. The highest BCUT2D eigenvalue weighted by atomic mass is 32.2. The molecule has 1 unspecified atom stereocenters. The number of benzene rings is 2. The number of alkyl halides is 6. The summed E-state index contributed by atoms with van der Waals surface area (Å²) in [5.74, 6) is -1.36. The smallest absolute Gasteiger partial charge is 0.430 e. The number of halogens is 6. The summed E-state index contributed by atoms with van der Waals surface area (Å²) in [4.78, 5) is 12.9. The molecule has 0 fully saturated rings. The fourth-order valence-corrected chi connectivity index (χ4v) is 4.22. The van der Waals surface area contributed by atoms with E-state index in [2.05, 4.69) is 0 Å². The Hall–Kier alpha value is -2.80. The lowest BCUT2D eigenvalue weighted by Crippen LogP contribution is -2.53. The van der Waals surface area contributed by atoms with Crippen LogP contribution in [0.2, 0.25) is 0 Å². The van der Waals surface area contributed by atoms with Gasteiger partial charge in [-0.3, -0.25) is 0 Å². The van der Waals surface area contributed by atoms with Crippen LogP contribution in [0.15, 0.2) is 47.4 Å². The van der Waals surface area contributed by atoms with Crippen LogP contribution in [0.25, 0.3) is 0 Å². The van der Waals surface area contributed by atoms with Crippen molar-refractivity contribution in [2.45, 2.75) is 35.4 Å². The third-order valence-corrected chi connectivity index (χ3v) is 6.27. The van der Waals surface area contributed by atoms with Crippen LogP contribution in [0.4, 0.5) is 32.0 Å². The van der Waals surface area contributed by atoms with Crippen LogP contribution in [-0.4, -0.2) is 43.2 Å². The fraction of sp³-hybridized carbons (Fsp3) is 0.316. The van der Waals surface area contributed by atoms with Crippen molar-refractivity contribution in [2.24, 2.45) is 0 Å². The summed E-state index contributed by atoms with van der Waals surface area (Å²) >= 11 is 0. The van der Waals surface area contributed by atoms with E-state index in [1.54, 1.807) is 0 Å². The van der Waals surface area contributed by atoms with E-state index < -0.39 is 45.4 Å². The first kappa shape index (κ1) is 23.9.